The monoisotopic (exact) mass is 302 g/mol. The van der Waals surface area contributed by atoms with Crippen LogP contribution in [0.4, 0.5) is 0 Å². The largest absolute Gasteiger partial charge is 0.392 e. The standard InChI is InChI=1S/C17H22N2O3/c1-12-16(13(2)22-19-12)7-8-17(21)18-10-9-14-3-5-15(11-20)6-4-14/h3-6,20H,7-11H2,1-2H3,(H,18,21). The molecule has 0 aliphatic carbocycles. The molecule has 0 aliphatic rings. The summed E-state index contributed by atoms with van der Waals surface area (Å²) < 4.78 is 5.09. The Bertz CT molecular complexity index is 598. The number of aryl methyl sites for hydroxylation is 2. The first kappa shape index (κ1) is 16.2. The highest BCUT2D eigenvalue weighted by Gasteiger charge is 2.10. The lowest BCUT2D eigenvalue weighted by molar-refractivity contribution is -0.121. The predicted molar refractivity (Wildman–Crippen MR) is 83.4 cm³/mol. The first-order valence-corrected chi connectivity index (χ1v) is 7.47. The second kappa shape index (κ2) is 7.75. The molecule has 0 fully saturated rings. The molecule has 0 bridgehead atoms. The molecule has 118 valence electrons. The van der Waals surface area contributed by atoms with Gasteiger partial charge >= 0.3 is 0 Å². The Labute approximate surface area is 130 Å². The number of nitrogens with one attached hydrogen (secondary N) is 1. The van der Waals surface area contributed by atoms with Crippen LogP contribution in [-0.4, -0.2) is 22.7 Å². The molecule has 0 aliphatic heterocycles. The van der Waals surface area contributed by atoms with Gasteiger partial charge in [-0.3, -0.25) is 4.79 Å². The number of benzene rings is 1. The fraction of sp³-hybridized carbons (Fsp3) is 0.412. The first-order valence-electron chi connectivity index (χ1n) is 7.47. The molecule has 0 radical (unpaired) electrons. The summed E-state index contributed by atoms with van der Waals surface area (Å²) in [5.41, 5.74) is 3.92. The van der Waals surface area contributed by atoms with Crippen LogP contribution in [0.3, 0.4) is 0 Å². The highest BCUT2D eigenvalue weighted by atomic mass is 16.5. The van der Waals surface area contributed by atoms with Crippen LogP contribution in [0, 0.1) is 13.8 Å². The summed E-state index contributed by atoms with van der Waals surface area (Å²) in [6, 6.07) is 7.74. The van der Waals surface area contributed by atoms with Gasteiger partial charge in [-0.15, -0.1) is 0 Å². The number of amides is 1. The van der Waals surface area contributed by atoms with Gasteiger partial charge in [0.05, 0.1) is 12.3 Å². The van der Waals surface area contributed by atoms with E-state index in [0.29, 0.717) is 19.4 Å². The summed E-state index contributed by atoms with van der Waals surface area (Å²) >= 11 is 0. The summed E-state index contributed by atoms with van der Waals surface area (Å²) in [5.74, 6) is 0.821. The van der Waals surface area contributed by atoms with Crippen LogP contribution in [0.1, 0.15) is 34.6 Å². The maximum atomic E-state index is 11.9. The van der Waals surface area contributed by atoms with Crippen LogP contribution < -0.4 is 5.32 Å². The van der Waals surface area contributed by atoms with Gasteiger partial charge in [-0.25, -0.2) is 0 Å². The van der Waals surface area contributed by atoms with Crippen molar-refractivity contribution in [3.8, 4) is 0 Å². The SMILES string of the molecule is Cc1noc(C)c1CCC(=O)NCCc1ccc(CO)cc1. The molecule has 0 saturated carbocycles. The third-order valence-corrected chi connectivity index (χ3v) is 3.72. The Kier molecular flexibility index (Phi) is 5.72. The third-order valence-electron chi connectivity index (χ3n) is 3.72. The van der Waals surface area contributed by atoms with E-state index in [1.807, 2.05) is 38.1 Å². The number of hydrogen-bond donors (Lipinski definition) is 2. The number of aromatic nitrogens is 1. The summed E-state index contributed by atoms with van der Waals surface area (Å²) in [5, 5.41) is 15.8. The second-order valence-corrected chi connectivity index (χ2v) is 5.38. The number of nitrogens with zero attached hydrogens (tertiary/aromatic N) is 1. The second-order valence-electron chi connectivity index (χ2n) is 5.38. The first-order chi connectivity index (χ1) is 10.6. The number of aliphatic hydroxyl groups is 1. The van der Waals surface area contributed by atoms with Crippen molar-refractivity contribution in [1.29, 1.82) is 0 Å². The third kappa shape index (κ3) is 4.43. The molecular formula is C17H22N2O3. The van der Waals surface area contributed by atoms with Crippen LogP contribution in [0.25, 0.3) is 0 Å². The van der Waals surface area contributed by atoms with Crippen molar-refractivity contribution in [2.24, 2.45) is 0 Å². The van der Waals surface area contributed by atoms with Crippen molar-refractivity contribution in [2.75, 3.05) is 6.54 Å². The molecule has 2 aromatic rings. The fourth-order valence-electron chi connectivity index (χ4n) is 2.34. The van der Waals surface area contributed by atoms with E-state index in [0.717, 1.165) is 34.6 Å². The van der Waals surface area contributed by atoms with Gasteiger partial charge in [-0.05, 0) is 37.8 Å². The lowest BCUT2D eigenvalue weighted by Gasteiger charge is -2.06. The highest BCUT2D eigenvalue weighted by molar-refractivity contribution is 5.76. The van der Waals surface area contributed by atoms with Crippen molar-refractivity contribution in [2.45, 2.75) is 39.7 Å². The Balaban J connectivity index is 1.71. The van der Waals surface area contributed by atoms with Crippen LogP contribution >= 0.6 is 0 Å². The van der Waals surface area contributed by atoms with Crippen LogP contribution in [0.5, 0.6) is 0 Å². The molecular weight excluding hydrogens is 280 g/mol. The Morgan fingerprint density at radius 3 is 2.45 bits per heavy atom. The van der Waals surface area contributed by atoms with Crippen molar-refractivity contribution in [1.82, 2.24) is 10.5 Å². The van der Waals surface area contributed by atoms with Crippen LogP contribution in [0.15, 0.2) is 28.8 Å². The van der Waals surface area contributed by atoms with Gasteiger partial charge < -0.3 is 14.9 Å². The van der Waals surface area contributed by atoms with E-state index in [-0.39, 0.29) is 12.5 Å². The maximum absolute atomic E-state index is 11.9. The minimum Gasteiger partial charge on any atom is -0.392 e. The maximum Gasteiger partial charge on any atom is 0.220 e. The molecule has 0 spiro atoms. The predicted octanol–water partition coefficient (Wildman–Crippen LogP) is 2.08. The van der Waals surface area contributed by atoms with E-state index in [4.69, 9.17) is 9.63 Å². The van der Waals surface area contributed by atoms with Gasteiger partial charge in [0.1, 0.15) is 5.76 Å². The van der Waals surface area contributed by atoms with Crippen molar-refractivity contribution < 1.29 is 14.4 Å². The van der Waals surface area contributed by atoms with E-state index in [9.17, 15) is 4.79 Å². The minimum atomic E-state index is 0.0342. The van der Waals surface area contributed by atoms with Crippen LogP contribution in [0.2, 0.25) is 0 Å². The highest BCUT2D eigenvalue weighted by Crippen LogP contribution is 2.14. The van der Waals surface area contributed by atoms with Crippen molar-refractivity contribution in [3.63, 3.8) is 0 Å². The normalized spacial score (nSPS) is 10.7. The zero-order valence-corrected chi connectivity index (χ0v) is 13.1. The molecule has 22 heavy (non-hydrogen) atoms. The average Bonchev–Trinajstić information content (AvgIpc) is 2.84. The van der Waals surface area contributed by atoms with E-state index in [2.05, 4.69) is 10.5 Å². The minimum absolute atomic E-state index is 0.0342. The molecule has 2 N–H and O–H groups in total. The zero-order chi connectivity index (χ0) is 15.9. The van der Waals surface area contributed by atoms with E-state index in [1.165, 1.54) is 0 Å². The Morgan fingerprint density at radius 2 is 1.86 bits per heavy atom. The lowest BCUT2D eigenvalue weighted by Crippen LogP contribution is -2.25. The number of carbonyl (C=O) groups is 1. The molecule has 5 nitrogen and oxygen atoms in total. The summed E-state index contributed by atoms with van der Waals surface area (Å²) in [4.78, 5) is 11.9. The van der Waals surface area contributed by atoms with Crippen LogP contribution in [-0.2, 0) is 24.2 Å². The van der Waals surface area contributed by atoms with E-state index in [1.54, 1.807) is 0 Å². The van der Waals surface area contributed by atoms with Crippen molar-refractivity contribution >= 4 is 5.91 Å². The molecule has 1 amide bonds. The van der Waals surface area contributed by atoms with Gasteiger partial charge in [-0.1, -0.05) is 29.4 Å². The molecule has 2 rings (SSSR count). The molecule has 0 atom stereocenters. The number of rotatable bonds is 7. The van der Waals surface area contributed by atoms with E-state index < -0.39 is 0 Å². The molecule has 1 heterocycles. The van der Waals surface area contributed by atoms with Gasteiger partial charge in [0.25, 0.3) is 0 Å². The zero-order valence-electron chi connectivity index (χ0n) is 13.1. The molecule has 0 unspecified atom stereocenters. The Morgan fingerprint density at radius 1 is 1.18 bits per heavy atom. The van der Waals surface area contributed by atoms with Gasteiger partial charge in [0.2, 0.25) is 5.91 Å². The summed E-state index contributed by atoms with van der Waals surface area (Å²) in [6.07, 6.45) is 1.87. The summed E-state index contributed by atoms with van der Waals surface area (Å²) in [7, 11) is 0. The van der Waals surface area contributed by atoms with Gasteiger partial charge in [-0.2, -0.15) is 0 Å². The number of carbonyl (C=O) groups excluding carboxylic acids is 1. The average molecular weight is 302 g/mol. The molecule has 1 aromatic heterocycles. The quantitative estimate of drug-likeness (QED) is 0.821. The molecule has 5 heteroatoms. The molecule has 1 aromatic carbocycles. The number of hydrogen-bond acceptors (Lipinski definition) is 4. The van der Waals surface area contributed by atoms with E-state index >= 15 is 0 Å². The molecule has 0 saturated heterocycles. The fourth-order valence-corrected chi connectivity index (χ4v) is 2.34. The van der Waals surface area contributed by atoms with Gasteiger partial charge in [0, 0.05) is 18.5 Å². The Hall–Kier alpha value is -2.14. The van der Waals surface area contributed by atoms with Crippen molar-refractivity contribution in [3.05, 3.63) is 52.4 Å². The lowest BCUT2D eigenvalue weighted by atomic mass is 10.1. The summed E-state index contributed by atoms with van der Waals surface area (Å²) in [6.45, 7) is 4.42. The smallest absolute Gasteiger partial charge is 0.220 e. The topological polar surface area (TPSA) is 75.4 Å². The van der Waals surface area contributed by atoms with Gasteiger partial charge in [0.15, 0.2) is 0 Å². The number of aliphatic hydroxyl groups excluding tert-OH is 1.